The second kappa shape index (κ2) is 10.9. The predicted molar refractivity (Wildman–Crippen MR) is 186 cm³/mol. The lowest BCUT2D eigenvalue weighted by Gasteiger charge is -2.34. The van der Waals surface area contributed by atoms with Crippen LogP contribution in [0, 0.1) is 0 Å². The largest absolute Gasteiger partial charge is 0.465 e. The van der Waals surface area contributed by atoms with Crippen LogP contribution in [0.1, 0.15) is 93.3 Å². The molecule has 0 amide bonds. The molecule has 7 rings (SSSR count). The number of ether oxygens (including phenoxy) is 1. The summed E-state index contributed by atoms with van der Waals surface area (Å²) in [6.45, 7) is 18.5. The van der Waals surface area contributed by atoms with E-state index in [1.807, 2.05) is 0 Å². The summed E-state index contributed by atoms with van der Waals surface area (Å²) in [7, 11) is 0. The first kappa shape index (κ1) is 28.3. The van der Waals surface area contributed by atoms with Crippen molar-refractivity contribution < 1.29 is 4.74 Å². The van der Waals surface area contributed by atoms with Crippen LogP contribution >= 0.6 is 0 Å². The van der Waals surface area contributed by atoms with Crippen molar-refractivity contribution in [1.29, 1.82) is 0 Å². The van der Waals surface area contributed by atoms with Crippen molar-refractivity contribution >= 4 is 27.8 Å². The molecule has 0 saturated heterocycles. The van der Waals surface area contributed by atoms with Gasteiger partial charge in [-0.3, -0.25) is 0 Å². The van der Waals surface area contributed by atoms with E-state index in [2.05, 4.69) is 149 Å². The molecule has 3 nitrogen and oxygen atoms in total. The van der Waals surface area contributed by atoms with E-state index in [9.17, 15) is 0 Å². The lowest BCUT2D eigenvalue weighted by Crippen LogP contribution is -2.29. The number of hydrogen-bond donors (Lipinski definition) is 0. The highest BCUT2D eigenvalue weighted by molar-refractivity contribution is 5.91. The topological polar surface area (TPSA) is 15.7 Å². The van der Waals surface area contributed by atoms with Gasteiger partial charge >= 0.3 is 0 Å². The Morgan fingerprint density at radius 3 is 1.98 bits per heavy atom. The number of anilines is 3. The second-order valence-electron chi connectivity index (χ2n) is 13.3. The Bertz CT molecular complexity index is 1870. The van der Waals surface area contributed by atoms with Crippen LogP contribution in [0.4, 0.5) is 17.1 Å². The molecule has 5 aromatic carbocycles. The number of para-hydroxylation sites is 2. The van der Waals surface area contributed by atoms with Gasteiger partial charge in [-0.15, -0.1) is 0 Å². The maximum atomic E-state index is 5.94. The summed E-state index contributed by atoms with van der Waals surface area (Å²) >= 11 is 0. The molecule has 0 N–H and O–H groups in total. The first-order chi connectivity index (χ1) is 21.3. The molecule has 0 saturated carbocycles. The molecule has 0 aromatic heterocycles. The third-order valence-corrected chi connectivity index (χ3v) is 9.45. The van der Waals surface area contributed by atoms with Gasteiger partial charge in [0.2, 0.25) is 0 Å². The number of hydrogen-bond acceptors (Lipinski definition) is 3. The Balaban J connectivity index is 1.46. The Labute approximate surface area is 262 Å². The van der Waals surface area contributed by atoms with Gasteiger partial charge in [0.05, 0.1) is 23.3 Å². The van der Waals surface area contributed by atoms with E-state index in [4.69, 9.17) is 4.74 Å². The Morgan fingerprint density at radius 2 is 1.32 bits per heavy atom. The molecular weight excluding hydrogens is 536 g/mol. The summed E-state index contributed by atoms with van der Waals surface area (Å²) in [5.41, 5.74) is 13.2. The lowest BCUT2D eigenvalue weighted by atomic mass is 9.87. The molecule has 2 aliphatic rings. The third kappa shape index (κ3) is 4.49. The monoisotopic (exact) mass is 578 g/mol. The SMILES string of the molecule is C=COc1cc2c(cc1C(C)C)C1N(C2)c2ccccc2N1c1c(C(C)C)cc(-c2ccc3ccccc3c2)cc1C(C)C. The lowest BCUT2D eigenvalue weighted by molar-refractivity contribution is 0.473. The fourth-order valence-electron chi connectivity index (χ4n) is 7.27. The van der Waals surface area contributed by atoms with E-state index in [1.165, 1.54) is 66.8 Å². The van der Waals surface area contributed by atoms with Gasteiger partial charge in [0.25, 0.3) is 0 Å². The van der Waals surface area contributed by atoms with Crippen molar-refractivity contribution in [1.82, 2.24) is 0 Å². The molecule has 1 unspecified atom stereocenters. The van der Waals surface area contributed by atoms with E-state index in [-0.39, 0.29) is 6.17 Å². The van der Waals surface area contributed by atoms with E-state index in [1.54, 1.807) is 6.26 Å². The fraction of sp³-hybridized carbons (Fsp3) is 0.268. The maximum absolute atomic E-state index is 5.94. The molecule has 0 aliphatic carbocycles. The van der Waals surface area contributed by atoms with Crippen LogP contribution in [0.3, 0.4) is 0 Å². The Morgan fingerprint density at radius 1 is 0.682 bits per heavy atom. The van der Waals surface area contributed by atoms with Crippen molar-refractivity contribution in [2.45, 2.75) is 72.0 Å². The highest BCUT2D eigenvalue weighted by atomic mass is 16.5. The molecule has 2 aliphatic heterocycles. The summed E-state index contributed by atoms with van der Waals surface area (Å²) in [5, 5.41) is 2.55. The summed E-state index contributed by atoms with van der Waals surface area (Å²) in [4.78, 5) is 5.22. The first-order valence-electron chi connectivity index (χ1n) is 16.0. The van der Waals surface area contributed by atoms with Crippen molar-refractivity contribution in [2.24, 2.45) is 0 Å². The van der Waals surface area contributed by atoms with Crippen molar-refractivity contribution in [3.05, 3.63) is 132 Å². The molecule has 0 fully saturated rings. The van der Waals surface area contributed by atoms with Crippen LogP contribution in [0.15, 0.2) is 104 Å². The molecule has 44 heavy (non-hydrogen) atoms. The molecule has 0 bridgehead atoms. The molecule has 3 heteroatoms. The standard InChI is InChI=1S/C41H42N2O/c1-8-44-39-22-32-24-42-37-15-11-12-16-38(37)43(41(42)36(32)23-33(39)25(2)3)40-34(26(4)5)20-31(21-35(40)27(6)7)30-18-17-28-13-9-10-14-29(28)19-30/h8-23,25-27,41H,1,24H2,2-7H3. The van der Waals surface area contributed by atoms with Crippen LogP contribution in [0.25, 0.3) is 21.9 Å². The Kier molecular flexibility index (Phi) is 7.00. The summed E-state index contributed by atoms with van der Waals surface area (Å²) in [6.07, 6.45) is 1.63. The number of rotatable bonds is 7. The molecule has 222 valence electrons. The molecular formula is C41H42N2O. The van der Waals surface area contributed by atoms with Crippen molar-refractivity contribution in [3.63, 3.8) is 0 Å². The summed E-state index contributed by atoms with van der Waals surface area (Å²) in [5.74, 6) is 1.94. The smallest absolute Gasteiger partial charge is 0.133 e. The minimum atomic E-state index is 0.0826. The van der Waals surface area contributed by atoms with E-state index >= 15 is 0 Å². The molecule has 0 spiro atoms. The molecule has 0 radical (unpaired) electrons. The average molecular weight is 579 g/mol. The third-order valence-electron chi connectivity index (χ3n) is 9.45. The second-order valence-corrected chi connectivity index (χ2v) is 13.3. The van der Waals surface area contributed by atoms with Gasteiger partial charge < -0.3 is 14.5 Å². The number of fused-ring (bicyclic) bond motifs is 6. The van der Waals surface area contributed by atoms with Crippen molar-refractivity contribution in [3.8, 4) is 16.9 Å². The average Bonchev–Trinajstić information content (AvgIpc) is 3.53. The van der Waals surface area contributed by atoms with Gasteiger partial charge in [-0.2, -0.15) is 0 Å². The minimum absolute atomic E-state index is 0.0826. The van der Waals surface area contributed by atoms with E-state index < -0.39 is 0 Å². The highest BCUT2D eigenvalue weighted by Crippen LogP contribution is 2.58. The van der Waals surface area contributed by atoms with Gasteiger partial charge in [0, 0.05) is 12.1 Å². The van der Waals surface area contributed by atoms with Crippen LogP contribution in [0.5, 0.6) is 5.75 Å². The number of nitrogens with zero attached hydrogens (tertiary/aromatic N) is 2. The zero-order valence-corrected chi connectivity index (χ0v) is 26.8. The van der Waals surface area contributed by atoms with Gasteiger partial charge in [0.15, 0.2) is 0 Å². The van der Waals surface area contributed by atoms with Gasteiger partial charge in [-0.25, -0.2) is 0 Å². The minimum Gasteiger partial charge on any atom is -0.465 e. The summed E-state index contributed by atoms with van der Waals surface area (Å²) < 4.78 is 5.94. The number of benzene rings is 5. The zero-order chi connectivity index (χ0) is 30.7. The van der Waals surface area contributed by atoms with Crippen LogP contribution in [-0.4, -0.2) is 0 Å². The quantitative estimate of drug-likeness (QED) is 0.179. The van der Waals surface area contributed by atoms with Crippen molar-refractivity contribution in [2.75, 3.05) is 9.80 Å². The molecule has 5 aromatic rings. The normalized spacial score (nSPS) is 15.3. The van der Waals surface area contributed by atoms with Gasteiger partial charge in [-0.1, -0.05) is 96.7 Å². The van der Waals surface area contributed by atoms with Crippen LogP contribution in [0.2, 0.25) is 0 Å². The first-order valence-corrected chi connectivity index (χ1v) is 16.0. The van der Waals surface area contributed by atoms with Crippen LogP contribution in [-0.2, 0) is 6.54 Å². The fourth-order valence-corrected chi connectivity index (χ4v) is 7.27. The highest BCUT2D eigenvalue weighted by Gasteiger charge is 2.45. The molecule has 2 heterocycles. The Hall–Kier alpha value is -4.50. The predicted octanol–water partition coefficient (Wildman–Crippen LogP) is 11.6. The maximum Gasteiger partial charge on any atom is 0.133 e. The zero-order valence-electron chi connectivity index (χ0n) is 26.8. The van der Waals surface area contributed by atoms with Gasteiger partial charge in [0.1, 0.15) is 11.9 Å². The van der Waals surface area contributed by atoms with Gasteiger partial charge in [-0.05, 0) is 104 Å². The molecule has 1 atom stereocenters. The van der Waals surface area contributed by atoms with E-state index in [0.29, 0.717) is 17.8 Å². The summed E-state index contributed by atoms with van der Waals surface area (Å²) in [6, 6.07) is 34.0. The van der Waals surface area contributed by atoms with Crippen LogP contribution < -0.4 is 14.5 Å². The van der Waals surface area contributed by atoms with E-state index in [0.717, 1.165) is 12.3 Å².